The normalized spacial score (nSPS) is 11.7. The summed E-state index contributed by atoms with van der Waals surface area (Å²) >= 11 is 5.02. The molecule has 1 N–H and O–H groups in total. The Morgan fingerprint density at radius 2 is 2.43 bits per heavy atom. The van der Waals surface area contributed by atoms with Gasteiger partial charge in [0.1, 0.15) is 0 Å². The number of rotatable bonds is 4. The van der Waals surface area contributed by atoms with Crippen LogP contribution in [0.5, 0.6) is 0 Å². The van der Waals surface area contributed by atoms with E-state index < -0.39 is 5.97 Å². The van der Waals surface area contributed by atoms with Crippen LogP contribution in [-0.2, 0) is 4.79 Å². The van der Waals surface area contributed by atoms with Crippen molar-refractivity contribution in [2.75, 3.05) is 0 Å². The molecule has 0 aromatic carbocycles. The van der Waals surface area contributed by atoms with Gasteiger partial charge in [-0.1, -0.05) is 6.08 Å². The molecule has 0 fully saturated rings. The lowest BCUT2D eigenvalue weighted by Gasteiger charge is -1.95. The lowest BCUT2D eigenvalue weighted by atomic mass is 10.1. The molecular formula is C10H11BrO2S. The average molecular weight is 275 g/mol. The van der Waals surface area contributed by atoms with Crippen LogP contribution in [0.15, 0.2) is 21.3 Å². The van der Waals surface area contributed by atoms with Crippen molar-refractivity contribution < 1.29 is 9.90 Å². The Labute approximate surface area is 95.4 Å². The van der Waals surface area contributed by atoms with Crippen LogP contribution in [0.1, 0.15) is 25.3 Å². The quantitative estimate of drug-likeness (QED) is 0.908. The highest BCUT2D eigenvalue weighted by Crippen LogP contribution is 2.25. The lowest BCUT2D eigenvalue weighted by molar-refractivity contribution is -0.136. The van der Waals surface area contributed by atoms with Crippen LogP contribution < -0.4 is 0 Å². The molecule has 2 nitrogen and oxygen atoms in total. The molecule has 14 heavy (non-hydrogen) atoms. The maximum Gasteiger partial charge on any atom is 0.303 e. The van der Waals surface area contributed by atoms with Crippen molar-refractivity contribution in [2.45, 2.75) is 19.8 Å². The molecule has 1 rings (SSSR count). The minimum atomic E-state index is -0.749. The third-order valence-corrected chi connectivity index (χ3v) is 3.34. The first-order chi connectivity index (χ1) is 6.59. The van der Waals surface area contributed by atoms with Crippen molar-refractivity contribution in [1.82, 2.24) is 0 Å². The van der Waals surface area contributed by atoms with Crippen LogP contribution in [0.25, 0.3) is 5.57 Å². The van der Waals surface area contributed by atoms with Gasteiger partial charge in [-0.05, 0) is 51.9 Å². The Balaban J connectivity index is 2.56. The third-order valence-electron chi connectivity index (χ3n) is 1.83. The fourth-order valence-electron chi connectivity index (χ4n) is 1.05. The number of halogens is 1. The molecule has 0 aliphatic carbocycles. The van der Waals surface area contributed by atoms with Crippen LogP contribution >= 0.6 is 27.3 Å². The predicted molar refractivity (Wildman–Crippen MR) is 62.5 cm³/mol. The van der Waals surface area contributed by atoms with E-state index in [0.29, 0.717) is 6.42 Å². The van der Waals surface area contributed by atoms with E-state index in [4.69, 9.17) is 5.11 Å². The van der Waals surface area contributed by atoms with E-state index in [1.807, 2.05) is 19.1 Å². The van der Waals surface area contributed by atoms with Crippen molar-refractivity contribution >= 4 is 38.8 Å². The Bertz CT molecular complexity index is 355. The monoisotopic (exact) mass is 274 g/mol. The highest BCUT2D eigenvalue weighted by Gasteiger charge is 1.99. The van der Waals surface area contributed by atoms with Crippen LogP contribution in [-0.4, -0.2) is 11.1 Å². The molecule has 0 unspecified atom stereocenters. The Morgan fingerprint density at radius 3 is 2.93 bits per heavy atom. The van der Waals surface area contributed by atoms with Crippen molar-refractivity contribution in [2.24, 2.45) is 0 Å². The molecule has 1 aromatic heterocycles. The van der Waals surface area contributed by atoms with Crippen LogP contribution in [0, 0.1) is 0 Å². The molecule has 0 saturated heterocycles. The summed E-state index contributed by atoms with van der Waals surface area (Å²) in [5.74, 6) is -0.749. The second kappa shape index (κ2) is 5.32. The van der Waals surface area contributed by atoms with Gasteiger partial charge in [-0.15, -0.1) is 11.3 Å². The second-order valence-corrected chi connectivity index (χ2v) is 5.25. The smallest absolute Gasteiger partial charge is 0.303 e. The van der Waals surface area contributed by atoms with Crippen molar-refractivity contribution in [3.05, 3.63) is 26.9 Å². The molecule has 0 radical (unpaired) electrons. The summed E-state index contributed by atoms with van der Waals surface area (Å²) in [5.41, 5.74) is 2.29. The number of carbonyl (C=O) groups is 1. The summed E-state index contributed by atoms with van der Waals surface area (Å²) in [6.07, 6.45) is 2.75. The zero-order valence-corrected chi connectivity index (χ0v) is 10.2. The van der Waals surface area contributed by atoms with Gasteiger partial charge in [0, 0.05) is 6.42 Å². The highest BCUT2D eigenvalue weighted by atomic mass is 79.9. The second-order valence-electron chi connectivity index (χ2n) is 2.96. The van der Waals surface area contributed by atoms with Crippen LogP contribution in [0.4, 0.5) is 0 Å². The zero-order chi connectivity index (χ0) is 10.6. The van der Waals surface area contributed by atoms with Crippen molar-refractivity contribution in [3.8, 4) is 0 Å². The van der Waals surface area contributed by atoms with Gasteiger partial charge in [-0.2, -0.15) is 0 Å². The summed E-state index contributed by atoms with van der Waals surface area (Å²) in [4.78, 5) is 10.3. The molecule has 0 saturated carbocycles. The van der Waals surface area contributed by atoms with E-state index in [0.717, 1.165) is 14.9 Å². The minimum Gasteiger partial charge on any atom is -0.481 e. The van der Waals surface area contributed by atoms with Crippen molar-refractivity contribution in [3.63, 3.8) is 0 Å². The third kappa shape index (κ3) is 3.64. The van der Waals surface area contributed by atoms with E-state index >= 15 is 0 Å². The van der Waals surface area contributed by atoms with Gasteiger partial charge in [0.05, 0.1) is 3.79 Å². The van der Waals surface area contributed by atoms with E-state index in [9.17, 15) is 4.79 Å². The Hall–Kier alpha value is -0.610. The molecule has 76 valence electrons. The van der Waals surface area contributed by atoms with Gasteiger partial charge < -0.3 is 5.11 Å². The summed E-state index contributed by atoms with van der Waals surface area (Å²) in [6, 6.07) is 2.04. The van der Waals surface area contributed by atoms with E-state index in [2.05, 4.69) is 21.3 Å². The van der Waals surface area contributed by atoms with Gasteiger partial charge >= 0.3 is 5.97 Å². The Kier molecular flexibility index (Phi) is 4.35. The number of carboxylic acid groups (broad SMARTS) is 1. The zero-order valence-electron chi connectivity index (χ0n) is 7.79. The molecule has 0 spiro atoms. The minimum absolute atomic E-state index is 0.197. The summed E-state index contributed by atoms with van der Waals surface area (Å²) in [6.45, 7) is 2.00. The predicted octanol–water partition coefficient (Wildman–Crippen LogP) is 3.78. The Morgan fingerprint density at radius 1 is 1.71 bits per heavy atom. The highest BCUT2D eigenvalue weighted by molar-refractivity contribution is 9.11. The first-order valence-corrected chi connectivity index (χ1v) is 5.90. The maximum absolute atomic E-state index is 10.3. The summed E-state index contributed by atoms with van der Waals surface area (Å²) < 4.78 is 1.10. The summed E-state index contributed by atoms with van der Waals surface area (Å²) in [7, 11) is 0. The standard InChI is InChI=1S/C10H11BrO2S/c1-7(3-2-4-10(12)13)8-5-9(11)14-6-8/h3,5-6H,2,4H2,1H3,(H,12,13)/b7-3+. The number of thiophene rings is 1. The van der Waals surface area contributed by atoms with E-state index in [-0.39, 0.29) is 6.42 Å². The maximum atomic E-state index is 10.3. The fourth-order valence-corrected chi connectivity index (χ4v) is 2.26. The molecule has 0 amide bonds. The SMILES string of the molecule is C/C(=C\CCC(=O)O)c1csc(Br)c1. The molecule has 0 aliphatic rings. The van der Waals surface area contributed by atoms with Crippen molar-refractivity contribution in [1.29, 1.82) is 0 Å². The topological polar surface area (TPSA) is 37.3 Å². The van der Waals surface area contributed by atoms with Gasteiger partial charge in [0.15, 0.2) is 0 Å². The first-order valence-electron chi connectivity index (χ1n) is 4.22. The lowest BCUT2D eigenvalue weighted by Crippen LogP contribution is -1.92. The number of aliphatic carboxylic acids is 1. The summed E-state index contributed by atoms with van der Waals surface area (Å²) in [5, 5.41) is 10.5. The molecule has 4 heteroatoms. The molecule has 0 bridgehead atoms. The number of hydrogen-bond acceptors (Lipinski definition) is 2. The number of hydrogen-bond donors (Lipinski definition) is 1. The van der Waals surface area contributed by atoms with Gasteiger partial charge in [-0.25, -0.2) is 0 Å². The van der Waals surface area contributed by atoms with E-state index in [1.54, 1.807) is 11.3 Å². The molecule has 0 atom stereocenters. The largest absolute Gasteiger partial charge is 0.481 e. The fraction of sp³-hybridized carbons (Fsp3) is 0.300. The molecule has 1 heterocycles. The molecule has 1 aromatic rings. The van der Waals surface area contributed by atoms with Gasteiger partial charge in [0.2, 0.25) is 0 Å². The van der Waals surface area contributed by atoms with Gasteiger partial charge in [-0.3, -0.25) is 4.79 Å². The van der Waals surface area contributed by atoms with E-state index in [1.165, 1.54) is 0 Å². The average Bonchev–Trinajstić information content (AvgIpc) is 2.51. The van der Waals surface area contributed by atoms with Crippen LogP contribution in [0.2, 0.25) is 0 Å². The molecular weight excluding hydrogens is 264 g/mol. The first kappa shape index (κ1) is 11.5. The van der Waals surface area contributed by atoms with Gasteiger partial charge in [0.25, 0.3) is 0 Å². The van der Waals surface area contributed by atoms with Crippen LogP contribution in [0.3, 0.4) is 0 Å². The molecule has 0 aliphatic heterocycles. The number of carboxylic acids is 1. The number of allylic oxidation sites excluding steroid dienone is 2.